The fourth-order valence-electron chi connectivity index (χ4n) is 5.78. The van der Waals surface area contributed by atoms with Crippen molar-refractivity contribution in [2.24, 2.45) is 5.92 Å². The number of hydrogen-bond acceptors (Lipinski definition) is 9. The van der Waals surface area contributed by atoms with Crippen LogP contribution in [-0.2, 0) is 24.4 Å². The van der Waals surface area contributed by atoms with E-state index in [9.17, 15) is 4.39 Å². The smallest absolute Gasteiger partial charge is 0.255 e. The third kappa shape index (κ3) is 7.54. The molecule has 51 heavy (non-hydrogen) atoms. The Morgan fingerprint density at radius 1 is 0.843 bits per heavy atom. The van der Waals surface area contributed by atoms with Gasteiger partial charge < -0.3 is 28.0 Å². The summed E-state index contributed by atoms with van der Waals surface area (Å²) < 4.78 is 75.4. The predicted octanol–water partition coefficient (Wildman–Crippen LogP) is 8.03. The van der Waals surface area contributed by atoms with E-state index < -0.39 is 17.5 Å². The molecule has 3 aromatic carbocycles. The summed E-state index contributed by atoms with van der Waals surface area (Å²) in [6.07, 6.45) is -0.0720. The Labute approximate surface area is 295 Å². The Kier molecular flexibility index (Phi) is 9.91. The molecule has 0 radical (unpaired) electrons. The Hall–Kier alpha value is -5.40. The average Bonchev–Trinajstić information content (AvgIpc) is 3.88. The number of aromatic nitrogens is 5. The van der Waals surface area contributed by atoms with E-state index in [1.165, 1.54) is 18.2 Å². The number of hydrogen-bond donors (Lipinski definition) is 0. The van der Waals surface area contributed by atoms with Gasteiger partial charge in [0.2, 0.25) is 17.5 Å². The lowest BCUT2D eigenvalue weighted by atomic mass is 10.0. The summed E-state index contributed by atoms with van der Waals surface area (Å²) in [5, 5.41) is 13.0. The third-order valence-corrected chi connectivity index (χ3v) is 8.79. The number of rotatable bonds is 12. The SMILES string of the molecule is COc1ccc(COc2cc(-c3nnc(Cc4cc(F)c(-c5cccc(OCc6ccc(Cl)cc6F)n5)cc4F)n3[C@H]3COC[C@H]3C)on2)cc1. The van der Waals surface area contributed by atoms with Crippen molar-refractivity contribution in [3.8, 4) is 40.4 Å². The van der Waals surface area contributed by atoms with Crippen LogP contribution in [0, 0.1) is 23.4 Å². The minimum atomic E-state index is -0.697. The van der Waals surface area contributed by atoms with Crippen molar-refractivity contribution in [2.75, 3.05) is 20.3 Å². The summed E-state index contributed by atoms with van der Waals surface area (Å²) in [6.45, 7) is 3.03. The fraction of sp³-hybridized carbons (Fsp3) is 0.243. The van der Waals surface area contributed by atoms with Gasteiger partial charge in [-0.2, -0.15) is 0 Å². The van der Waals surface area contributed by atoms with Gasteiger partial charge in [0.25, 0.3) is 5.88 Å². The van der Waals surface area contributed by atoms with Crippen LogP contribution in [0.4, 0.5) is 13.2 Å². The first-order chi connectivity index (χ1) is 24.7. The lowest BCUT2D eigenvalue weighted by molar-refractivity contribution is 0.182. The molecular weight excluding hydrogens is 687 g/mol. The van der Waals surface area contributed by atoms with E-state index in [0.29, 0.717) is 30.6 Å². The molecule has 0 saturated carbocycles. The summed E-state index contributed by atoms with van der Waals surface area (Å²) in [6, 6.07) is 20.0. The summed E-state index contributed by atoms with van der Waals surface area (Å²) >= 11 is 5.82. The molecule has 0 unspecified atom stereocenters. The molecular formula is C37H31ClF3N5O5. The second-order valence-electron chi connectivity index (χ2n) is 12.0. The van der Waals surface area contributed by atoms with Crippen LogP contribution in [0.5, 0.6) is 17.5 Å². The Bertz CT molecular complexity index is 2160. The number of halogens is 4. The highest BCUT2D eigenvalue weighted by atomic mass is 35.5. The molecule has 7 rings (SSSR count). The van der Waals surface area contributed by atoms with Gasteiger partial charge in [-0.1, -0.05) is 42.8 Å². The molecule has 4 heterocycles. The van der Waals surface area contributed by atoms with Crippen molar-refractivity contribution in [3.05, 3.63) is 124 Å². The molecule has 6 aromatic rings. The number of nitrogens with zero attached hydrogens (tertiary/aromatic N) is 5. The van der Waals surface area contributed by atoms with Crippen LogP contribution in [-0.4, -0.2) is 45.2 Å². The molecule has 3 aromatic heterocycles. The van der Waals surface area contributed by atoms with Gasteiger partial charge in [-0.25, -0.2) is 18.2 Å². The first-order valence-electron chi connectivity index (χ1n) is 16.0. The van der Waals surface area contributed by atoms with Crippen LogP contribution >= 0.6 is 11.6 Å². The Balaban J connectivity index is 1.11. The Morgan fingerprint density at radius 3 is 2.41 bits per heavy atom. The van der Waals surface area contributed by atoms with Gasteiger partial charge in [0.1, 0.15) is 42.2 Å². The first kappa shape index (κ1) is 34.1. The maximum Gasteiger partial charge on any atom is 0.255 e. The lowest BCUT2D eigenvalue weighted by Gasteiger charge is -2.19. The van der Waals surface area contributed by atoms with Gasteiger partial charge >= 0.3 is 0 Å². The molecule has 2 atom stereocenters. The normalized spacial score (nSPS) is 15.6. The minimum Gasteiger partial charge on any atom is -0.497 e. The molecule has 262 valence electrons. The highest BCUT2D eigenvalue weighted by Gasteiger charge is 2.32. The van der Waals surface area contributed by atoms with Crippen molar-refractivity contribution in [1.29, 1.82) is 0 Å². The van der Waals surface area contributed by atoms with E-state index in [1.807, 2.05) is 35.8 Å². The maximum atomic E-state index is 15.7. The molecule has 0 bridgehead atoms. The van der Waals surface area contributed by atoms with Gasteiger partial charge in [0.05, 0.1) is 38.1 Å². The minimum absolute atomic E-state index is 0.0646. The molecule has 10 nitrogen and oxygen atoms in total. The molecule has 1 fully saturated rings. The van der Waals surface area contributed by atoms with Crippen molar-refractivity contribution >= 4 is 11.6 Å². The van der Waals surface area contributed by atoms with Gasteiger partial charge in [0, 0.05) is 34.6 Å². The highest BCUT2D eigenvalue weighted by Crippen LogP contribution is 2.34. The van der Waals surface area contributed by atoms with Crippen LogP contribution < -0.4 is 14.2 Å². The lowest BCUT2D eigenvalue weighted by Crippen LogP contribution is -2.19. The van der Waals surface area contributed by atoms with E-state index in [1.54, 1.807) is 31.4 Å². The molecule has 14 heteroatoms. The van der Waals surface area contributed by atoms with Gasteiger partial charge in [-0.3, -0.25) is 0 Å². The monoisotopic (exact) mass is 717 g/mol. The van der Waals surface area contributed by atoms with Crippen LogP contribution in [0.2, 0.25) is 5.02 Å². The summed E-state index contributed by atoms with van der Waals surface area (Å²) in [5.74, 6) is 0.327. The van der Waals surface area contributed by atoms with Crippen molar-refractivity contribution in [1.82, 2.24) is 24.9 Å². The quantitative estimate of drug-likeness (QED) is 0.124. The molecule has 1 aliphatic heterocycles. The van der Waals surface area contributed by atoms with E-state index in [-0.39, 0.29) is 70.8 Å². The zero-order chi connectivity index (χ0) is 35.5. The van der Waals surface area contributed by atoms with Crippen LogP contribution in [0.25, 0.3) is 22.8 Å². The second-order valence-corrected chi connectivity index (χ2v) is 12.5. The second kappa shape index (κ2) is 14.8. The van der Waals surface area contributed by atoms with Gasteiger partial charge in [-0.15, -0.1) is 10.2 Å². The topological polar surface area (TPSA) is 107 Å². The number of pyridine rings is 1. The van der Waals surface area contributed by atoms with Gasteiger partial charge in [0.15, 0.2) is 0 Å². The fourth-order valence-corrected chi connectivity index (χ4v) is 5.94. The number of methoxy groups -OCH3 is 1. The van der Waals surface area contributed by atoms with E-state index in [0.717, 1.165) is 23.4 Å². The van der Waals surface area contributed by atoms with E-state index in [4.69, 9.17) is 35.1 Å². The van der Waals surface area contributed by atoms with Crippen molar-refractivity contribution in [2.45, 2.75) is 32.6 Å². The summed E-state index contributed by atoms with van der Waals surface area (Å²) in [4.78, 5) is 4.32. The first-order valence-corrected chi connectivity index (χ1v) is 16.4. The van der Waals surface area contributed by atoms with Crippen LogP contribution in [0.15, 0.2) is 83.4 Å². The largest absolute Gasteiger partial charge is 0.497 e. The molecule has 1 aliphatic rings. The van der Waals surface area contributed by atoms with E-state index >= 15 is 8.78 Å². The zero-order valence-corrected chi connectivity index (χ0v) is 28.2. The molecule has 0 amide bonds. The number of ether oxygens (including phenoxy) is 4. The van der Waals surface area contributed by atoms with Crippen molar-refractivity contribution in [3.63, 3.8) is 0 Å². The average molecular weight is 718 g/mol. The molecule has 0 N–H and O–H groups in total. The van der Waals surface area contributed by atoms with Crippen molar-refractivity contribution < 1.29 is 36.6 Å². The Morgan fingerprint density at radius 2 is 1.65 bits per heavy atom. The van der Waals surface area contributed by atoms with Crippen LogP contribution in [0.3, 0.4) is 0 Å². The molecule has 0 aliphatic carbocycles. The third-order valence-electron chi connectivity index (χ3n) is 8.55. The molecule has 0 spiro atoms. The standard InChI is InChI=1S/C37H31ClF3N5O5/c1-21-17-48-20-32(21)46-34(43-44-37(46)33-16-36(45-51-33)49-18-22-6-10-26(47-2)11-7-22)13-24-12-30(41)27(15-29(24)40)31-4-3-5-35(42-31)50-19-23-8-9-25(38)14-28(23)39/h3-12,14-16,21,32H,13,17-20H2,1-2H3/t21-,32+/m1/s1. The maximum absolute atomic E-state index is 15.7. The zero-order valence-electron chi connectivity index (χ0n) is 27.5. The number of benzene rings is 3. The molecule has 1 saturated heterocycles. The van der Waals surface area contributed by atoms with Gasteiger partial charge in [-0.05, 0) is 58.7 Å². The summed E-state index contributed by atoms with van der Waals surface area (Å²) in [7, 11) is 1.60. The summed E-state index contributed by atoms with van der Waals surface area (Å²) in [5.41, 5.74) is 1.32. The highest BCUT2D eigenvalue weighted by molar-refractivity contribution is 6.30. The predicted molar refractivity (Wildman–Crippen MR) is 180 cm³/mol. The van der Waals surface area contributed by atoms with E-state index in [2.05, 4.69) is 20.3 Å². The van der Waals surface area contributed by atoms with Crippen LogP contribution in [0.1, 0.15) is 35.5 Å².